The maximum absolute atomic E-state index is 12.7. The molecule has 156 valence electrons. The van der Waals surface area contributed by atoms with E-state index in [1.807, 2.05) is 0 Å². The van der Waals surface area contributed by atoms with Gasteiger partial charge in [-0.05, 0) is 44.0 Å². The number of methoxy groups -OCH3 is 4. The summed E-state index contributed by atoms with van der Waals surface area (Å²) in [5, 5.41) is 2.63. The van der Waals surface area contributed by atoms with E-state index in [0.717, 1.165) is 0 Å². The third-order valence-electron chi connectivity index (χ3n) is 3.78. The van der Waals surface area contributed by atoms with E-state index in [0.29, 0.717) is 26.1 Å². The lowest BCUT2D eigenvalue weighted by Crippen LogP contribution is -2.21. The van der Waals surface area contributed by atoms with E-state index >= 15 is 0 Å². The van der Waals surface area contributed by atoms with Gasteiger partial charge in [0.1, 0.15) is 5.75 Å². The molecule has 2 aromatic rings. The molecule has 0 saturated heterocycles. The molecule has 0 heterocycles. The third-order valence-corrected chi connectivity index (χ3v) is 5.30. The number of rotatable bonds is 8. The first kappa shape index (κ1) is 22.8. The fourth-order valence-electron chi connectivity index (χ4n) is 2.49. The molecule has 0 aromatic heterocycles. The molecule has 0 aliphatic rings. The number of esters is 1. The highest BCUT2D eigenvalue weighted by Crippen LogP contribution is 2.50. The van der Waals surface area contributed by atoms with Gasteiger partial charge in [-0.3, -0.25) is 4.79 Å². The Morgan fingerprint density at radius 2 is 1.41 bits per heavy atom. The Labute approximate surface area is 184 Å². The average Bonchev–Trinajstić information content (AvgIpc) is 2.72. The molecule has 0 spiro atoms. The Hall–Kier alpha value is -2.46. The first-order chi connectivity index (χ1) is 13.9. The molecule has 1 amide bonds. The monoisotopic (exact) mass is 531 g/mol. The van der Waals surface area contributed by atoms with E-state index in [1.54, 1.807) is 24.3 Å². The lowest BCUT2D eigenvalue weighted by atomic mass is 10.2. The molecule has 10 heteroatoms. The Kier molecular flexibility index (Phi) is 8.15. The molecule has 0 radical (unpaired) electrons. The molecule has 0 bridgehead atoms. The highest BCUT2D eigenvalue weighted by molar-refractivity contribution is 9.11. The number of benzene rings is 2. The lowest BCUT2D eigenvalue weighted by Gasteiger charge is -2.18. The van der Waals surface area contributed by atoms with Crippen LogP contribution in [-0.2, 0) is 9.53 Å². The van der Waals surface area contributed by atoms with Gasteiger partial charge in [0.15, 0.2) is 18.1 Å². The number of nitrogens with one attached hydrogen (secondary N) is 1. The van der Waals surface area contributed by atoms with Gasteiger partial charge in [-0.15, -0.1) is 0 Å². The van der Waals surface area contributed by atoms with Crippen molar-refractivity contribution in [1.29, 1.82) is 0 Å². The topological polar surface area (TPSA) is 92.3 Å². The zero-order chi connectivity index (χ0) is 21.6. The minimum absolute atomic E-state index is 0.0876. The van der Waals surface area contributed by atoms with Crippen molar-refractivity contribution < 1.29 is 33.3 Å². The Morgan fingerprint density at radius 1 is 0.862 bits per heavy atom. The van der Waals surface area contributed by atoms with Crippen molar-refractivity contribution in [3.63, 3.8) is 0 Å². The van der Waals surface area contributed by atoms with E-state index in [1.165, 1.54) is 28.4 Å². The smallest absolute Gasteiger partial charge is 0.341 e. The average molecular weight is 533 g/mol. The molecule has 0 atom stereocenters. The van der Waals surface area contributed by atoms with E-state index in [4.69, 9.17) is 23.7 Å². The molecule has 1 N–H and O–H groups in total. The Morgan fingerprint density at radius 3 is 1.93 bits per heavy atom. The van der Waals surface area contributed by atoms with Crippen LogP contribution in [0.2, 0.25) is 0 Å². The quantitative estimate of drug-likeness (QED) is 0.513. The van der Waals surface area contributed by atoms with Crippen molar-refractivity contribution >= 4 is 49.4 Å². The second kappa shape index (κ2) is 10.4. The number of ether oxygens (including phenoxy) is 5. The SMILES string of the molecule is COc1ccccc1NC(=O)COC(=O)c1c(Br)c(OC)c(OC)c(OC)c1Br. The van der Waals surface area contributed by atoms with E-state index < -0.39 is 18.5 Å². The molecule has 0 unspecified atom stereocenters. The molecule has 0 aliphatic heterocycles. The predicted molar refractivity (Wildman–Crippen MR) is 113 cm³/mol. The molecule has 2 aromatic carbocycles. The summed E-state index contributed by atoms with van der Waals surface area (Å²) in [5.41, 5.74) is 0.552. The standard InChI is InChI=1S/C19H19Br2NO7/c1-25-11-8-6-5-7-10(11)22-12(23)9-29-19(24)13-14(20)16(26-2)18(28-4)17(27-3)15(13)21/h5-8H,9H2,1-4H3,(H,22,23). The highest BCUT2D eigenvalue weighted by Gasteiger charge is 2.29. The van der Waals surface area contributed by atoms with Gasteiger partial charge in [-0.1, -0.05) is 12.1 Å². The summed E-state index contributed by atoms with van der Waals surface area (Å²) >= 11 is 6.64. The first-order valence-electron chi connectivity index (χ1n) is 8.16. The van der Waals surface area contributed by atoms with Crippen molar-refractivity contribution in [3.8, 4) is 23.0 Å². The van der Waals surface area contributed by atoms with Gasteiger partial charge in [0.05, 0.1) is 48.6 Å². The molecule has 0 aliphatic carbocycles. The van der Waals surface area contributed by atoms with Crippen molar-refractivity contribution in [1.82, 2.24) is 0 Å². The first-order valence-corrected chi connectivity index (χ1v) is 9.75. The molecule has 0 fully saturated rings. The normalized spacial score (nSPS) is 10.1. The molecule has 0 saturated carbocycles. The van der Waals surface area contributed by atoms with Crippen molar-refractivity contribution in [2.24, 2.45) is 0 Å². The number of hydrogen-bond donors (Lipinski definition) is 1. The summed E-state index contributed by atoms with van der Waals surface area (Å²) in [7, 11) is 5.78. The van der Waals surface area contributed by atoms with Crippen LogP contribution < -0.4 is 24.3 Å². The fourth-order valence-corrected chi connectivity index (χ4v) is 4.16. The third kappa shape index (κ3) is 4.94. The number of halogens is 2. The maximum Gasteiger partial charge on any atom is 0.341 e. The highest BCUT2D eigenvalue weighted by atomic mass is 79.9. The zero-order valence-corrected chi connectivity index (χ0v) is 19.3. The molecular weight excluding hydrogens is 514 g/mol. The summed E-state index contributed by atoms with van der Waals surface area (Å²) in [6, 6.07) is 6.89. The van der Waals surface area contributed by atoms with Gasteiger partial charge in [-0.2, -0.15) is 0 Å². The van der Waals surface area contributed by atoms with Gasteiger partial charge in [0, 0.05) is 0 Å². The van der Waals surface area contributed by atoms with Crippen LogP contribution in [0.3, 0.4) is 0 Å². The van der Waals surface area contributed by atoms with Crippen molar-refractivity contribution in [2.75, 3.05) is 40.4 Å². The minimum Gasteiger partial charge on any atom is -0.495 e. The summed E-state index contributed by atoms with van der Waals surface area (Å²) < 4.78 is 26.8. The van der Waals surface area contributed by atoms with Gasteiger partial charge >= 0.3 is 5.97 Å². The van der Waals surface area contributed by atoms with Crippen LogP contribution in [0.25, 0.3) is 0 Å². The van der Waals surface area contributed by atoms with Gasteiger partial charge in [-0.25, -0.2) is 4.79 Å². The number of hydrogen-bond acceptors (Lipinski definition) is 7. The molecule has 2 rings (SSSR count). The molecular formula is C19H19Br2NO7. The van der Waals surface area contributed by atoms with Crippen LogP contribution >= 0.6 is 31.9 Å². The largest absolute Gasteiger partial charge is 0.495 e. The van der Waals surface area contributed by atoms with Gasteiger partial charge in [0.25, 0.3) is 5.91 Å². The van der Waals surface area contributed by atoms with E-state index in [-0.39, 0.29) is 17.1 Å². The number of carbonyl (C=O) groups is 2. The van der Waals surface area contributed by atoms with Crippen molar-refractivity contribution in [3.05, 3.63) is 38.8 Å². The fraction of sp³-hybridized carbons (Fsp3) is 0.263. The van der Waals surface area contributed by atoms with Crippen LogP contribution in [0.1, 0.15) is 10.4 Å². The lowest BCUT2D eigenvalue weighted by molar-refractivity contribution is -0.119. The van der Waals surface area contributed by atoms with Gasteiger partial charge in [0.2, 0.25) is 5.75 Å². The van der Waals surface area contributed by atoms with Crippen LogP contribution in [0, 0.1) is 0 Å². The van der Waals surface area contributed by atoms with E-state index in [2.05, 4.69) is 37.2 Å². The van der Waals surface area contributed by atoms with Crippen molar-refractivity contribution in [2.45, 2.75) is 0 Å². The number of amides is 1. The summed E-state index contributed by atoms with van der Waals surface area (Å²) in [6.45, 7) is -0.508. The second-order valence-corrected chi connectivity index (χ2v) is 7.01. The Bertz CT molecular complexity index is 887. The number of para-hydroxylation sites is 2. The summed E-state index contributed by atoms with van der Waals surface area (Å²) in [5.74, 6) is -0.0156. The van der Waals surface area contributed by atoms with Crippen LogP contribution in [-0.4, -0.2) is 46.9 Å². The molecule has 29 heavy (non-hydrogen) atoms. The molecule has 8 nitrogen and oxygen atoms in total. The Balaban J connectivity index is 2.21. The summed E-state index contributed by atoms with van der Waals surface area (Å²) in [6.07, 6.45) is 0. The zero-order valence-electron chi connectivity index (χ0n) is 16.1. The maximum atomic E-state index is 12.7. The minimum atomic E-state index is -0.766. The number of anilines is 1. The summed E-state index contributed by atoms with van der Waals surface area (Å²) in [4.78, 5) is 24.9. The van der Waals surface area contributed by atoms with Crippen LogP contribution in [0.5, 0.6) is 23.0 Å². The number of carbonyl (C=O) groups excluding carboxylic acids is 2. The van der Waals surface area contributed by atoms with E-state index in [9.17, 15) is 9.59 Å². The predicted octanol–water partition coefficient (Wildman–Crippen LogP) is 4.04. The second-order valence-electron chi connectivity index (χ2n) is 5.43. The van der Waals surface area contributed by atoms with Gasteiger partial charge < -0.3 is 29.0 Å². The van der Waals surface area contributed by atoms with Crippen LogP contribution in [0.15, 0.2) is 33.2 Å². The van der Waals surface area contributed by atoms with Crippen LogP contribution in [0.4, 0.5) is 5.69 Å².